The van der Waals surface area contributed by atoms with Crippen LogP contribution in [0, 0.1) is 5.82 Å². The smallest absolute Gasteiger partial charge is 0.413 e. The Morgan fingerprint density at radius 2 is 2.06 bits per heavy atom. The number of thioether (sulfide) groups is 1. The van der Waals surface area contributed by atoms with Gasteiger partial charge in [0.05, 0.1) is 17.2 Å². The summed E-state index contributed by atoms with van der Waals surface area (Å²) in [4.78, 5) is 14.3. The lowest BCUT2D eigenvalue weighted by Crippen LogP contribution is -2.52. The highest BCUT2D eigenvalue weighted by Crippen LogP contribution is 2.35. The van der Waals surface area contributed by atoms with Crippen LogP contribution in [0.4, 0.5) is 9.18 Å². The Balaban J connectivity index is 2.25. The van der Waals surface area contributed by atoms with Crippen molar-refractivity contribution in [1.29, 1.82) is 0 Å². The molecule has 1 fully saturated rings. The van der Waals surface area contributed by atoms with E-state index in [0.717, 1.165) is 0 Å². The number of benzene rings is 1. The summed E-state index contributed by atoms with van der Waals surface area (Å²) < 4.78 is 31.9. The van der Waals surface area contributed by atoms with E-state index in [0.29, 0.717) is 10.6 Å². The molecule has 7 nitrogen and oxygen atoms in total. The zero-order valence-corrected chi connectivity index (χ0v) is 20.4. The molecule has 0 aromatic heterocycles. The normalized spacial score (nSPS) is 21.2. The Kier molecular flexibility index (Phi) is 7.99. The molecule has 1 aliphatic rings. The van der Waals surface area contributed by atoms with Crippen LogP contribution in [0.15, 0.2) is 22.3 Å². The van der Waals surface area contributed by atoms with E-state index >= 15 is 0 Å². The minimum atomic E-state index is -0.906. The first-order valence-corrected chi connectivity index (χ1v) is 11.3. The molecule has 172 valence electrons. The van der Waals surface area contributed by atoms with Gasteiger partial charge in [0.1, 0.15) is 23.0 Å². The van der Waals surface area contributed by atoms with Crippen molar-refractivity contribution in [3.05, 3.63) is 28.5 Å². The highest BCUT2D eigenvalue weighted by Gasteiger charge is 2.50. The van der Waals surface area contributed by atoms with Crippen molar-refractivity contribution in [1.82, 2.24) is 4.90 Å². The third-order valence-electron chi connectivity index (χ3n) is 4.53. The maximum atomic E-state index is 14.7. The van der Waals surface area contributed by atoms with Crippen LogP contribution in [0.2, 0.25) is 5.02 Å². The van der Waals surface area contributed by atoms with Crippen LogP contribution in [-0.2, 0) is 9.47 Å². The lowest BCUT2D eigenvalue weighted by molar-refractivity contribution is -0.0760. The lowest BCUT2D eigenvalue weighted by atomic mass is 10.1. The maximum Gasteiger partial charge on any atom is 0.413 e. The molecule has 0 saturated carbocycles. The van der Waals surface area contributed by atoms with Gasteiger partial charge in [-0.25, -0.2) is 9.18 Å². The summed E-state index contributed by atoms with van der Waals surface area (Å²) in [5.74, 6) is -0.651. The summed E-state index contributed by atoms with van der Waals surface area (Å²) in [5, 5.41) is 8.03. The number of carbonyl (C=O) groups is 1. The molecule has 0 aliphatic carbocycles. The van der Waals surface area contributed by atoms with Crippen LogP contribution < -0.4 is 4.74 Å². The molecule has 2 atom stereocenters. The average Bonchev–Trinajstić information content (AvgIpc) is 2.86. The number of amides is 1. The molecule has 0 bridgehead atoms. The van der Waals surface area contributed by atoms with E-state index in [1.807, 2.05) is 6.92 Å². The van der Waals surface area contributed by atoms with E-state index in [1.54, 1.807) is 40.9 Å². The Morgan fingerprint density at radius 1 is 1.42 bits per heavy atom. The van der Waals surface area contributed by atoms with Gasteiger partial charge in [-0.1, -0.05) is 11.6 Å². The van der Waals surface area contributed by atoms with Crippen molar-refractivity contribution in [2.24, 2.45) is 10.2 Å². The second-order valence-electron chi connectivity index (χ2n) is 8.51. The molecule has 1 aromatic rings. The minimum Gasteiger partial charge on any atom is -0.488 e. The second-order valence-corrected chi connectivity index (χ2v) is 9.71. The molecule has 1 amide bonds. The van der Waals surface area contributed by atoms with Gasteiger partial charge in [0, 0.05) is 18.3 Å². The number of rotatable bonds is 5. The topological polar surface area (TPSA) is 72.7 Å². The summed E-state index contributed by atoms with van der Waals surface area (Å²) in [5.41, 5.74) is -1.19. The van der Waals surface area contributed by atoms with E-state index < -0.39 is 29.3 Å². The number of halogens is 2. The molecular weight excluding hydrogens is 445 g/mol. The molecule has 0 radical (unpaired) electrons. The van der Waals surface area contributed by atoms with Crippen molar-refractivity contribution >= 4 is 41.2 Å². The van der Waals surface area contributed by atoms with Gasteiger partial charge in [-0.15, -0.1) is 16.9 Å². The number of hydrogen-bond acceptors (Lipinski definition) is 7. The lowest BCUT2D eigenvalue weighted by Gasteiger charge is -2.35. The minimum absolute atomic E-state index is 0.00583. The highest BCUT2D eigenvalue weighted by atomic mass is 35.5. The molecule has 1 saturated heterocycles. The Labute approximate surface area is 192 Å². The zero-order chi connectivity index (χ0) is 23.6. The van der Waals surface area contributed by atoms with Crippen LogP contribution in [0.3, 0.4) is 0 Å². The van der Waals surface area contributed by atoms with E-state index in [4.69, 9.17) is 25.8 Å². The van der Waals surface area contributed by atoms with E-state index in [2.05, 4.69) is 16.9 Å². The molecular formula is C21H29ClFN3O4S. The molecule has 2 rings (SSSR count). The summed E-state index contributed by atoms with van der Waals surface area (Å²) in [7, 11) is 0. The Morgan fingerprint density at radius 3 is 2.61 bits per heavy atom. The predicted octanol–water partition coefficient (Wildman–Crippen LogP) is 5.34. The van der Waals surface area contributed by atoms with Gasteiger partial charge >= 0.3 is 6.09 Å². The van der Waals surface area contributed by atoms with Gasteiger partial charge in [-0.05, 0) is 53.9 Å². The maximum absolute atomic E-state index is 14.7. The summed E-state index contributed by atoms with van der Waals surface area (Å²) in [6.45, 7) is 14.1. The third-order valence-corrected chi connectivity index (χ3v) is 5.54. The van der Waals surface area contributed by atoms with E-state index in [9.17, 15) is 9.18 Å². The third kappa shape index (κ3) is 6.11. The summed E-state index contributed by atoms with van der Waals surface area (Å²) >= 11 is 7.59. The quantitative estimate of drug-likeness (QED) is 0.327. The molecule has 31 heavy (non-hydrogen) atoms. The highest BCUT2D eigenvalue weighted by molar-refractivity contribution is 8.13. The number of nitrogens with zero attached hydrogens (tertiary/aromatic N) is 3. The first kappa shape index (κ1) is 25.4. The molecule has 1 aliphatic heterocycles. The van der Waals surface area contributed by atoms with Crippen LogP contribution >= 0.6 is 23.4 Å². The molecule has 1 aromatic carbocycles. The van der Waals surface area contributed by atoms with Gasteiger partial charge in [-0.3, -0.25) is 4.90 Å². The molecule has 1 heterocycles. The largest absolute Gasteiger partial charge is 0.488 e. The van der Waals surface area contributed by atoms with Gasteiger partial charge < -0.3 is 14.2 Å². The first-order valence-electron chi connectivity index (χ1n) is 9.70. The molecule has 10 heteroatoms. The van der Waals surface area contributed by atoms with Gasteiger partial charge in [0.25, 0.3) is 0 Å². The van der Waals surface area contributed by atoms with Crippen molar-refractivity contribution in [2.45, 2.75) is 65.0 Å². The van der Waals surface area contributed by atoms with Gasteiger partial charge in [0.2, 0.25) is 0 Å². The fraction of sp³-hybridized carbons (Fsp3) is 0.571. The Bertz CT molecular complexity index is 873. The number of carbonyl (C=O) groups excluding carboxylic acids is 1. The zero-order valence-electron chi connectivity index (χ0n) is 18.9. The Hall–Kier alpha value is -1.84. The van der Waals surface area contributed by atoms with Crippen molar-refractivity contribution < 1.29 is 23.4 Å². The van der Waals surface area contributed by atoms with Crippen LogP contribution in [0.5, 0.6) is 5.75 Å². The van der Waals surface area contributed by atoms with Gasteiger partial charge in [-0.2, -0.15) is 5.10 Å². The van der Waals surface area contributed by atoms with E-state index in [1.165, 1.54) is 28.8 Å². The van der Waals surface area contributed by atoms with Crippen molar-refractivity contribution in [3.8, 4) is 5.75 Å². The summed E-state index contributed by atoms with van der Waals surface area (Å²) in [6.07, 6.45) is 0.896. The van der Waals surface area contributed by atoms with Crippen LogP contribution in [-0.4, -0.2) is 59.1 Å². The fourth-order valence-corrected chi connectivity index (χ4v) is 4.15. The molecule has 2 unspecified atom stereocenters. The molecule has 0 spiro atoms. The summed E-state index contributed by atoms with van der Waals surface area (Å²) in [6, 6.07) is 2.13. The fourth-order valence-electron chi connectivity index (χ4n) is 3.32. The number of ether oxygens (including phenoxy) is 3. The van der Waals surface area contributed by atoms with E-state index in [-0.39, 0.29) is 23.5 Å². The van der Waals surface area contributed by atoms with Crippen LogP contribution in [0.25, 0.3) is 0 Å². The monoisotopic (exact) mass is 473 g/mol. The van der Waals surface area contributed by atoms with Gasteiger partial charge in [0.15, 0.2) is 11.6 Å². The first-order chi connectivity index (χ1) is 14.3. The predicted molar refractivity (Wildman–Crippen MR) is 123 cm³/mol. The van der Waals surface area contributed by atoms with Crippen molar-refractivity contribution in [2.75, 3.05) is 12.9 Å². The SMILES string of the molecule is C=N/N=C(\SC)c1cc(F)c(OCC2C(C)OC(C)(C)N2C(=O)OC(C)(C)C)cc1Cl. The molecule has 0 N–H and O–H groups in total. The van der Waals surface area contributed by atoms with Crippen molar-refractivity contribution in [3.63, 3.8) is 0 Å². The standard InChI is InChI=1S/C21H29ClFN3O4S/c1-12-16(26(21(5,6)29-12)19(27)30-20(2,3)4)11-28-17-10-14(22)13(9-15(17)23)18(31-8)25-24-7/h9-10,12,16H,7,11H2,1-6,8H3/b25-18-. The average molecular weight is 474 g/mol. The second kappa shape index (κ2) is 9.75. The van der Waals surface area contributed by atoms with Crippen LogP contribution in [0.1, 0.15) is 47.1 Å². The number of hydrogen-bond donors (Lipinski definition) is 0.